The van der Waals surface area contributed by atoms with E-state index < -0.39 is 0 Å². The summed E-state index contributed by atoms with van der Waals surface area (Å²) in [6, 6.07) is 7.93. The normalized spacial score (nSPS) is 16.3. The Kier molecular flexibility index (Phi) is 8.57. The molecule has 1 amide bonds. The summed E-state index contributed by atoms with van der Waals surface area (Å²) < 4.78 is 5.57. The second-order valence-corrected chi connectivity index (χ2v) is 6.74. The molecule has 0 radical (unpaired) electrons. The summed E-state index contributed by atoms with van der Waals surface area (Å²) in [5, 5.41) is 3.06. The first-order chi connectivity index (χ1) is 11.1. The van der Waals surface area contributed by atoms with Gasteiger partial charge in [-0.05, 0) is 51.1 Å². The van der Waals surface area contributed by atoms with Crippen molar-refractivity contribution >= 4 is 18.3 Å². The van der Waals surface area contributed by atoms with Crippen molar-refractivity contribution < 1.29 is 9.53 Å². The fourth-order valence-electron chi connectivity index (χ4n) is 3.28. The Hall–Kier alpha value is -1.26. The Bertz CT molecular complexity index is 497. The molecule has 0 bridgehead atoms. The molecule has 24 heavy (non-hydrogen) atoms. The van der Waals surface area contributed by atoms with Crippen molar-refractivity contribution in [2.24, 2.45) is 0 Å². The molecule has 1 fully saturated rings. The van der Waals surface area contributed by atoms with Crippen molar-refractivity contribution in [3.63, 3.8) is 0 Å². The Morgan fingerprint density at radius 3 is 2.33 bits per heavy atom. The van der Waals surface area contributed by atoms with E-state index in [2.05, 4.69) is 31.2 Å². The van der Waals surface area contributed by atoms with Crippen molar-refractivity contribution in [2.75, 3.05) is 27.2 Å². The molecule has 0 saturated heterocycles. The molecule has 136 valence electrons. The lowest BCUT2D eigenvalue weighted by Gasteiger charge is -2.43. The molecule has 1 saturated carbocycles. The maximum absolute atomic E-state index is 12.1. The van der Waals surface area contributed by atoms with Crippen molar-refractivity contribution in [2.45, 2.75) is 51.0 Å². The lowest BCUT2D eigenvalue weighted by molar-refractivity contribution is -0.123. The van der Waals surface area contributed by atoms with Gasteiger partial charge in [0.05, 0.1) is 0 Å². The third kappa shape index (κ3) is 5.67. The molecule has 0 unspecified atom stereocenters. The van der Waals surface area contributed by atoms with E-state index in [1.54, 1.807) is 0 Å². The molecular weight excluding hydrogens is 324 g/mol. The molecule has 1 aliphatic rings. The largest absolute Gasteiger partial charge is 0.484 e. The van der Waals surface area contributed by atoms with Crippen LogP contribution in [0.15, 0.2) is 24.3 Å². The Balaban J connectivity index is 0.00000288. The number of carbonyl (C=O) groups excluding carboxylic acids is 1. The quantitative estimate of drug-likeness (QED) is 0.815. The number of benzene rings is 1. The van der Waals surface area contributed by atoms with Crippen LogP contribution in [0.4, 0.5) is 0 Å². The molecule has 5 heteroatoms. The third-order valence-electron chi connectivity index (χ3n) is 5.05. The van der Waals surface area contributed by atoms with Crippen LogP contribution < -0.4 is 10.1 Å². The lowest BCUT2D eigenvalue weighted by atomic mass is 9.80. The van der Waals surface area contributed by atoms with Crippen molar-refractivity contribution in [1.82, 2.24) is 10.2 Å². The number of rotatable bonds is 7. The Labute approximate surface area is 152 Å². The molecule has 1 N–H and O–H groups in total. The van der Waals surface area contributed by atoms with Crippen LogP contribution in [-0.4, -0.2) is 43.6 Å². The Morgan fingerprint density at radius 1 is 1.17 bits per heavy atom. The topological polar surface area (TPSA) is 41.6 Å². The highest BCUT2D eigenvalue weighted by Crippen LogP contribution is 2.31. The number of ether oxygens (including phenoxy) is 1. The number of amides is 1. The number of likely N-dealkylation sites (N-methyl/N-ethyl adjacent to an activating group) is 1. The van der Waals surface area contributed by atoms with Crippen LogP contribution in [0.3, 0.4) is 0 Å². The Morgan fingerprint density at radius 2 is 1.79 bits per heavy atom. The van der Waals surface area contributed by atoms with Gasteiger partial charge in [-0.25, -0.2) is 0 Å². The lowest BCUT2D eigenvalue weighted by Crippen LogP contribution is -2.54. The average molecular weight is 355 g/mol. The highest BCUT2D eigenvalue weighted by Gasteiger charge is 2.34. The smallest absolute Gasteiger partial charge is 0.258 e. The van der Waals surface area contributed by atoms with Gasteiger partial charge in [-0.2, -0.15) is 0 Å². The predicted octanol–water partition coefficient (Wildman–Crippen LogP) is 3.43. The summed E-state index contributed by atoms with van der Waals surface area (Å²) in [5.41, 5.74) is 1.38. The number of halogens is 1. The number of hydrogen-bond donors (Lipinski definition) is 1. The zero-order valence-corrected chi connectivity index (χ0v) is 16.0. The van der Waals surface area contributed by atoms with E-state index in [9.17, 15) is 4.79 Å². The highest BCUT2D eigenvalue weighted by molar-refractivity contribution is 5.85. The number of aryl methyl sites for hydroxylation is 1. The molecule has 0 heterocycles. The molecule has 1 aliphatic carbocycles. The molecule has 2 rings (SSSR count). The molecule has 1 aromatic rings. The number of carbonyl (C=O) groups is 1. The fraction of sp³-hybridized carbons (Fsp3) is 0.632. The highest BCUT2D eigenvalue weighted by atomic mass is 35.5. The molecule has 0 aliphatic heterocycles. The van der Waals surface area contributed by atoms with Gasteiger partial charge in [-0.15, -0.1) is 12.4 Å². The SMILES string of the molecule is CCc1ccc(OCC(=O)NCC2(N(C)C)CCCCC2)cc1.Cl. The van der Waals surface area contributed by atoms with Crippen LogP contribution >= 0.6 is 12.4 Å². The van der Waals surface area contributed by atoms with E-state index in [4.69, 9.17) is 4.74 Å². The number of nitrogens with one attached hydrogen (secondary N) is 1. The summed E-state index contributed by atoms with van der Waals surface area (Å²) in [7, 11) is 4.23. The van der Waals surface area contributed by atoms with Gasteiger partial charge in [0, 0.05) is 12.1 Å². The first-order valence-electron chi connectivity index (χ1n) is 8.71. The van der Waals surface area contributed by atoms with Crippen LogP contribution in [0.5, 0.6) is 5.75 Å². The van der Waals surface area contributed by atoms with E-state index >= 15 is 0 Å². The van der Waals surface area contributed by atoms with E-state index in [1.165, 1.54) is 24.8 Å². The molecule has 4 nitrogen and oxygen atoms in total. The van der Waals surface area contributed by atoms with Gasteiger partial charge in [0.25, 0.3) is 5.91 Å². The van der Waals surface area contributed by atoms with Crippen LogP contribution in [-0.2, 0) is 11.2 Å². The molecule has 0 atom stereocenters. The number of nitrogens with zero attached hydrogens (tertiary/aromatic N) is 1. The second kappa shape index (κ2) is 9.90. The van der Waals surface area contributed by atoms with Gasteiger partial charge >= 0.3 is 0 Å². The minimum Gasteiger partial charge on any atom is -0.484 e. The van der Waals surface area contributed by atoms with Gasteiger partial charge < -0.3 is 15.0 Å². The summed E-state index contributed by atoms with van der Waals surface area (Å²) in [5.74, 6) is 0.703. The molecular formula is C19H31ClN2O2. The van der Waals surface area contributed by atoms with Crippen LogP contribution in [0, 0.1) is 0 Å². The van der Waals surface area contributed by atoms with Crippen molar-refractivity contribution in [3.8, 4) is 5.75 Å². The monoisotopic (exact) mass is 354 g/mol. The van der Waals surface area contributed by atoms with E-state index in [0.29, 0.717) is 6.54 Å². The van der Waals surface area contributed by atoms with Gasteiger partial charge in [-0.1, -0.05) is 38.3 Å². The maximum Gasteiger partial charge on any atom is 0.258 e. The standard InChI is InChI=1S/C19H30N2O2.ClH/c1-4-16-8-10-17(11-9-16)23-14-18(22)20-15-19(21(2)3)12-6-5-7-13-19;/h8-11H,4-7,12-15H2,1-3H3,(H,20,22);1H. The minimum absolute atomic E-state index is 0. The zero-order valence-electron chi connectivity index (χ0n) is 15.1. The van der Waals surface area contributed by atoms with Gasteiger partial charge in [0.15, 0.2) is 6.61 Å². The predicted molar refractivity (Wildman–Crippen MR) is 101 cm³/mol. The second-order valence-electron chi connectivity index (χ2n) is 6.74. The van der Waals surface area contributed by atoms with E-state index in [0.717, 1.165) is 25.0 Å². The van der Waals surface area contributed by atoms with Crippen molar-refractivity contribution in [3.05, 3.63) is 29.8 Å². The van der Waals surface area contributed by atoms with E-state index in [-0.39, 0.29) is 30.5 Å². The first kappa shape index (κ1) is 20.8. The maximum atomic E-state index is 12.1. The molecule has 0 aromatic heterocycles. The van der Waals surface area contributed by atoms with Crippen LogP contribution in [0.25, 0.3) is 0 Å². The summed E-state index contributed by atoms with van der Waals surface area (Å²) in [4.78, 5) is 14.4. The fourth-order valence-corrected chi connectivity index (χ4v) is 3.28. The van der Waals surface area contributed by atoms with Gasteiger partial charge in [0.1, 0.15) is 5.75 Å². The molecule has 0 spiro atoms. The zero-order chi connectivity index (χ0) is 16.7. The number of hydrogen-bond acceptors (Lipinski definition) is 3. The van der Waals surface area contributed by atoms with Crippen molar-refractivity contribution in [1.29, 1.82) is 0 Å². The average Bonchev–Trinajstić information content (AvgIpc) is 2.59. The minimum atomic E-state index is -0.0450. The van der Waals surface area contributed by atoms with Gasteiger partial charge in [0.2, 0.25) is 0 Å². The van der Waals surface area contributed by atoms with Crippen LogP contribution in [0.1, 0.15) is 44.6 Å². The summed E-state index contributed by atoms with van der Waals surface area (Å²) in [6.07, 6.45) is 7.11. The van der Waals surface area contributed by atoms with Crippen LogP contribution in [0.2, 0.25) is 0 Å². The van der Waals surface area contributed by atoms with E-state index in [1.807, 2.05) is 24.3 Å². The first-order valence-corrected chi connectivity index (χ1v) is 8.71. The third-order valence-corrected chi connectivity index (χ3v) is 5.05. The summed E-state index contributed by atoms with van der Waals surface area (Å²) in [6.45, 7) is 2.90. The van der Waals surface area contributed by atoms with Gasteiger partial charge in [-0.3, -0.25) is 4.79 Å². The molecule has 1 aromatic carbocycles. The summed E-state index contributed by atoms with van der Waals surface area (Å²) >= 11 is 0.